The third kappa shape index (κ3) is 3.54. The SMILES string of the molecule is C=CCCc1ccc(-c2ccc3c(F)c(-c4ccccc4)ccc3c2)cc1. The Bertz CT molecular complexity index is 1080. The molecule has 0 radical (unpaired) electrons. The molecular formula is C26H21F. The summed E-state index contributed by atoms with van der Waals surface area (Å²) in [4.78, 5) is 0. The van der Waals surface area contributed by atoms with Crippen molar-refractivity contribution in [3.05, 3.63) is 109 Å². The molecule has 1 heteroatoms. The van der Waals surface area contributed by atoms with Crippen molar-refractivity contribution in [3.8, 4) is 22.3 Å². The van der Waals surface area contributed by atoms with Crippen LogP contribution in [0, 0.1) is 5.82 Å². The van der Waals surface area contributed by atoms with Crippen molar-refractivity contribution in [1.82, 2.24) is 0 Å². The Morgan fingerprint density at radius 1 is 0.741 bits per heavy atom. The lowest BCUT2D eigenvalue weighted by molar-refractivity contribution is 0.643. The van der Waals surface area contributed by atoms with Crippen molar-refractivity contribution in [3.63, 3.8) is 0 Å². The Morgan fingerprint density at radius 3 is 2.22 bits per heavy atom. The summed E-state index contributed by atoms with van der Waals surface area (Å²) in [5.41, 5.74) is 5.09. The molecule has 0 aromatic heterocycles. The molecule has 4 aromatic carbocycles. The predicted molar refractivity (Wildman–Crippen MR) is 113 cm³/mol. The van der Waals surface area contributed by atoms with Gasteiger partial charge in [0, 0.05) is 10.9 Å². The molecule has 0 aliphatic carbocycles. The smallest absolute Gasteiger partial charge is 0.138 e. The monoisotopic (exact) mass is 352 g/mol. The fourth-order valence-electron chi connectivity index (χ4n) is 3.44. The van der Waals surface area contributed by atoms with Crippen LogP contribution in [0.4, 0.5) is 4.39 Å². The van der Waals surface area contributed by atoms with E-state index in [2.05, 4.69) is 36.9 Å². The third-order valence-corrected chi connectivity index (χ3v) is 4.96. The van der Waals surface area contributed by atoms with Crippen LogP contribution in [0.15, 0.2) is 97.6 Å². The van der Waals surface area contributed by atoms with E-state index in [0.717, 1.165) is 34.9 Å². The summed E-state index contributed by atoms with van der Waals surface area (Å²) in [7, 11) is 0. The zero-order valence-corrected chi connectivity index (χ0v) is 15.2. The van der Waals surface area contributed by atoms with Gasteiger partial charge in [-0.1, -0.05) is 84.9 Å². The maximum atomic E-state index is 15.1. The molecule has 0 aliphatic rings. The summed E-state index contributed by atoms with van der Waals surface area (Å²) >= 11 is 0. The van der Waals surface area contributed by atoms with E-state index in [1.165, 1.54) is 5.56 Å². The minimum atomic E-state index is -0.162. The third-order valence-electron chi connectivity index (χ3n) is 4.96. The highest BCUT2D eigenvalue weighted by Gasteiger charge is 2.10. The van der Waals surface area contributed by atoms with Crippen molar-refractivity contribution in [2.45, 2.75) is 12.8 Å². The quantitative estimate of drug-likeness (QED) is 0.328. The van der Waals surface area contributed by atoms with Gasteiger partial charge in [0.1, 0.15) is 5.82 Å². The molecule has 0 N–H and O–H groups in total. The van der Waals surface area contributed by atoms with Crippen molar-refractivity contribution in [2.24, 2.45) is 0 Å². The average Bonchev–Trinajstić information content (AvgIpc) is 2.73. The topological polar surface area (TPSA) is 0 Å². The summed E-state index contributed by atoms with van der Waals surface area (Å²) in [6.07, 6.45) is 3.93. The van der Waals surface area contributed by atoms with Crippen LogP contribution < -0.4 is 0 Å². The highest BCUT2D eigenvalue weighted by atomic mass is 19.1. The van der Waals surface area contributed by atoms with Gasteiger partial charge in [-0.25, -0.2) is 4.39 Å². The lowest BCUT2D eigenvalue weighted by atomic mass is 9.96. The molecule has 27 heavy (non-hydrogen) atoms. The number of allylic oxidation sites excluding steroid dienone is 1. The summed E-state index contributed by atoms with van der Waals surface area (Å²) in [6.45, 7) is 3.77. The van der Waals surface area contributed by atoms with Crippen LogP contribution in [0.25, 0.3) is 33.0 Å². The first-order chi connectivity index (χ1) is 13.3. The van der Waals surface area contributed by atoms with E-state index in [9.17, 15) is 0 Å². The molecule has 4 rings (SSSR count). The molecule has 0 fully saturated rings. The maximum absolute atomic E-state index is 15.1. The van der Waals surface area contributed by atoms with Gasteiger partial charge < -0.3 is 0 Å². The second kappa shape index (κ2) is 7.59. The molecule has 0 atom stereocenters. The highest BCUT2D eigenvalue weighted by Crippen LogP contribution is 2.31. The van der Waals surface area contributed by atoms with E-state index in [1.807, 2.05) is 60.7 Å². The van der Waals surface area contributed by atoms with Crippen molar-refractivity contribution >= 4 is 10.8 Å². The van der Waals surface area contributed by atoms with Crippen LogP contribution in [0.1, 0.15) is 12.0 Å². The maximum Gasteiger partial charge on any atom is 0.138 e. The van der Waals surface area contributed by atoms with Crippen LogP contribution >= 0.6 is 0 Å². The summed E-state index contributed by atoms with van der Waals surface area (Å²) in [6, 6.07) is 28.1. The van der Waals surface area contributed by atoms with Gasteiger partial charge in [-0.15, -0.1) is 6.58 Å². The fourth-order valence-corrected chi connectivity index (χ4v) is 3.44. The molecule has 0 amide bonds. The van der Waals surface area contributed by atoms with E-state index in [0.29, 0.717) is 10.9 Å². The zero-order valence-electron chi connectivity index (χ0n) is 15.2. The van der Waals surface area contributed by atoms with Crippen molar-refractivity contribution in [1.29, 1.82) is 0 Å². The summed E-state index contributed by atoms with van der Waals surface area (Å²) in [5, 5.41) is 1.57. The van der Waals surface area contributed by atoms with Crippen LogP contribution in [0.3, 0.4) is 0 Å². The Kier molecular flexibility index (Phi) is 4.84. The molecule has 0 nitrogen and oxygen atoms in total. The van der Waals surface area contributed by atoms with Gasteiger partial charge in [-0.2, -0.15) is 0 Å². The zero-order chi connectivity index (χ0) is 18.6. The van der Waals surface area contributed by atoms with Crippen LogP contribution in [-0.4, -0.2) is 0 Å². The minimum Gasteiger partial charge on any atom is -0.206 e. The first-order valence-electron chi connectivity index (χ1n) is 9.24. The fraction of sp³-hybridized carbons (Fsp3) is 0.0769. The van der Waals surface area contributed by atoms with Crippen molar-refractivity contribution < 1.29 is 4.39 Å². The van der Waals surface area contributed by atoms with Crippen LogP contribution in [0.5, 0.6) is 0 Å². The van der Waals surface area contributed by atoms with Crippen LogP contribution in [-0.2, 0) is 6.42 Å². The lowest BCUT2D eigenvalue weighted by Gasteiger charge is -2.09. The second-order valence-corrected chi connectivity index (χ2v) is 6.75. The van der Waals surface area contributed by atoms with Crippen molar-refractivity contribution in [2.75, 3.05) is 0 Å². The Balaban J connectivity index is 1.70. The molecule has 0 saturated carbocycles. The Morgan fingerprint density at radius 2 is 1.48 bits per heavy atom. The molecule has 0 unspecified atom stereocenters. The van der Waals surface area contributed by atoms with Gasteiger partial charge in [0.2, 0.25) is 0 Å². The van der Waals surface area contributed by atoms with Gasteiger partial charge in [0.25, 0.3) is 0 Å². The molecule has 4 aromatic rings. The standard InChI is InChI=1S/C26H21F/c1-2-3-7-19-10-12-20(13-11-19)22-14-16-25-23(18-22)15-17-24(26(25)27)21-8-5-4-6-9-21/h2,4-6,8-18H,1,3,7H2. The van der Waals surface area contributed by atoms with Gasteiger partial charge in [0.15, 0.2) is 0 Å². The van der Waals surface area contributed by atoms with E-state index in [1.54, 1.807) is 0 Å². The van der Waals surface area contributed by atoms with E-state index in [4.69, 9.17) is 0 Å². The molecule has 132 valence electrons. The Hall–Kier alpha value is -3.19. The first kappa shape index (κ1) is 17.2. The average molecular weight is 352 g/mol. The molecule has 0 heterocycles. The molecular weight excluding hydrogens is 331 g/mol. The molecule has 0 spiro atoms. The number of halogens is 1. The van der Waals surface area contributed by atoms with Gasteiger partial charge in [-0.05, 0) is 46.5 Å². The predicted octanol–water partition coefficient (Wildman–Crippen LogP) is 7.43. The molecule has 0 bridgehead atoms. The summed E-state index contributed by atoms with van der Waals surface area (Å²) in [5.74, 6) is -0.162. The number of benzene rings is 4. The van der Waals surface area contributed by atoms with E-state index < -0.39 is 0 Å². The van der Waals surface area contributed by atoms with E-state index in [-0.39, 0.29) is 5.82 Å². The number of fused-ring (bicyclic) bond motifs is 1. The van der Waals surface area contributed by atoms with Crippen LogP contribution in [0.2, 0.25) is 0 Å². The minimum absolute atomic E-state index is 0.162. The van der Waals surface area contributed by atoms with Gasteiger partial charge in [-0.3, -0.25) is 0 Å². The highest BCUT2D eigenvalue weighted by molar-refractivity contribution is 5.91. The van der Waals surface area contributed by atoms with Gasteiger partial charge in [0.05, 0.1) is 0 Å². The second-order valence-electron chi connectivity index (χ2n) is 6.75. The molecule has 0 aliphatic heterocycles. The summed E-state index contributed by atoms with van der Waals surface area (Å²) < 4.78 is 15.1. The first-order valence-corrected chi connectivity index (χ1v) is 9.24. The normalized spacial score (nSPS) is 10.9. The number of hydrogen-bond acceptors (Lipinski definition) is 0. The lowest BCUT2D eigenvalue weighted by Crippen LogP contribution is -1.88. The number of rotatable bonds is 5. The number of aryl methyl sites for hydroxylation is 1. The Labute approximate surface area is 159 Å². The molecule has 0 saturated heterocycles. The number of hydrogen-bond donors (Lipinski definition) is 0. The largest absolute Gasteiger partial charge is 0.206 e. The van der Waals surface area contributed by atoms with Gasteiger partial charge >= 0.3 is 0 Å². The van der Waals surface area contributed by atoms with E-state index >= 15 is 4.39 Å².